The molecular formula is C14H15N3O3S. The average molecular weight is 305 g/mol. The van der Waals surface area contributed by atoms with Crippen LogP contribution in [0, 0.1) is 0 Å². The fourth-order valence-corrected chi connectivity index (χ4v) is 2.46. The van der Waals surface area contributed by atoms with Crippen molar-refractivity contribution in [1.29, 1.82) is 0 Å². The van der Waals surface area contributed by atoms with E-state index in [0.717, 1.165) is 0 Å². The fourth-order valence-electron chi connectivity index (χ4n) is 1.80. The van der Waals surface area contributed by atoms with Gasteiger partial charge in [-0.05, 0) is 35.9 Å². The Bertz CT molecular complexity index is 755. The number of primary sulfonamides is 1. The predicted molar refractivity (Wildman–Crippen MR) is 82.1 cm³/mol. The summed E-state index contributed by atoms with van der Waals surface area (Å²) >= 11 is 0. The molecule has 0 aromatic heterocycles. The summed E-state index contributed by atoms with van der Waals surface area (Å²) in [6.45, 7) is 0. The Morgan fingerprint density at radius 3 is 2.33 bits per heavy atom. The van der Waals surface area contributed by atoms with Crippen molar-refractivity contribution >= 4 is 27.3 Å². The molecule has 0 fully saturated rings. The largest absolute Gasteiger partial charge is 0.399 e. The van der Waals surface area contributed by atoms with Crippen molar-refractivity contribution in [3.8, 4) is 0 Å². The number of sulfonamides is 1. The second-order valence-corrected chi connectivity index (χ2v) is 6.20. The van der Waals surface area contributed by atoms with E-state index in [1.165, 1.54) is 0 Å². The molecule has 0 radical (unpaired) electrons. The third kappa shape index (κ3) is 4.59. The van der Waals surface area contributed by atoms with E-state index in [0.29, 0.717) is 22.5 Å². The van der Waals surface area contributed by atoms with Crippen molar-refractivity contribution in [3.05, 3.63) is 59.7 Å². The first-order chi connectivity index (χ1) is 9.83. The maximum atomic E-state index is 12.0. The van der Waals surface area contributed by atoms with E-state index in [1.54, 1.807) is 48.5 Å². The highest BCUT2D eigenvalue weighted by Crippen LogP contribution is 2.14. The summed E-state index contributed by atoms with van der Waals surface area (Å²) < 4.78 is 22.0. The Morgan fingerprint density at radius 2 is 1.76 bits per heavy atom. The lowest BCUT2D eigenvalue weighted by atomic mass is 10.1. The second-order valence-electron chi connectivity index (χ2n) is 4.58. The van der Waals surface area contributed by atoms with Gasteiger partial charge in [-0.25, -0.2) is 13.6 Å². The molecule has 2 aromatic rings. The lowest BCUT2D eigenvalue weighted by Crippen LogP contribution is -2.15. The lowest BCUT2D eigenvalue weighted by Gasteiger charge is -2.07. The maximum Gasteiger partial charge on any atom is 0.255 e. The van der Waals surface area contributed by atoms with Gasteiger partial charge in [0, 0.05) is 16.9 Å². The zero-order valence-electron chi connectivity index (χ0n) is 11.1. The number of nitrogens with two attached hydrogens (primary N) is 2. The highest BCUT2D eigenvalue weighted by atomic mass is 32.2. The molecule has 0 unspecified atom stereocenters. The van der Waals surface area contributed by atoms with Gasteiger partial charge in [-0.15, -0.1) is 0 Å². The molecule has 0 aliphatic carbocycles. The number of benzene rings is 2. The molecule has 0 saturated heterocycles. The average Bonchev–Trinajstić information content (AvgIpc) is 2.39. The minimum absolute atomic E-state index is 0.240. The smallest absolute Gasteiger partial charge is 0.255 e. The standard InChI is InChI=1S/C14H15N3O3S/c15-12-3-1-2-11(8-12)14(18)17-13-6-4-10(5-7-13)9-21(16,19)20/h1-8H,9,15H2,(H,17,18)(H2,16,19,20). The van der Waals surface area contributed by atoms with Gasteiger partial charge in [0.2, 0.25) is 10.0 Å². The van der Waals surface area contributed by atoms with E-state index in [9.17, 15) is 13.2 Å². The zero-order chi connectivity index (χ0) is 15.5. The molecule has 0 atom stereocenters. The van der Waals surface area contributed by atoms with E-state index in [1.807, 2.05) is 0 Å². The summed E-state index contributed by atoms with van der Waals surface area (Å²) in [5.41, 5.74) is 7.68. The molecule has 0 aliphatic rings. The van der Waals surface area contributed by atoms with Crippen molar-refractivity contribution in [3.63, 3.8) is 0 Å². The van der Waals surface area contributed by atoms with Gasteiger partial charge in [0.1, 0.15) is 0 Å². The summed E-state index contributed by atoms with van der Waals surface area (Å²) in [4.78, 5) is 12.0. The van der Waals surface area contributed by atoms with Gasteiger partial charge in [0.15, 0.2) is 0 Å². The summed E-state index contributed by atoms with van der Waals surface area (Å²) in [7, 11) is -3.56. The van der Waals surface area contributed by atoms with E-state index in [4.69, 9.17) is 10.9 Å². The Labute approximate surface area is 122 Å². The minimum atomic E-state index is -3.56. The molecule has 21 heavy (non-hydrogen) atoms. The molecule has 110 valence electrons. The number of hydrogen-bond donors (Lipinski definition) is 3. The van der Waals surface area contributed by atoms with Crippen LogP contribution < -0.4 is 16.2 Å². The van der Waals surface area contributed by atoms with Gasteiger partial charge in [0.25, 0.3) is 5.91 Å². The topological polar surface area (TPSA) is 115 Å². The first-order valence-corrected chi connectivity index (χ1v) is 7.81. The highest BCUT2D eigenvalue weighted by Gasteiger charge is 2.08. The van der Waals surface area contributed by atoms with Gasteiger partial charge in [-0.1, -0.05) is 18.2 Å². The summed E-state index contributed by atoms with van der Waals surface area (Å²) in [6, 6.07) is 13.0. The number of nitrogen functional groups attached to an aromatic ring is 1. The van der Waals surface area contributed by atoms with Crippen molar-refractivity contribution in [2.45, 2.75) is 5.75 Å². The van der Waals surface area contributed by atoms with Gasteiger partial charge in [-0.2, -0.15) is 0 Å². The summed E-state index contributed by atoms with van der Waals surface area (Å²) in [5.74, 6) is -0.530. The summed E-state index contributed by atoms with van der Waals surface area (Å²) in [5, 5.41) is 7.67. The molecule has 0 spiro atoms. The van der Waals surface area contributed by atoms with Crippen LogP contribution in [0.2, 0.25) is 0 Å². The number of amides is 1. The third-order valence-corrected chi connectivity index (χ3v) is 3.46. The van der Waals surface area contributed by atoms with Gasteiger partial charge in [0.05, 0.1) is 5.75 Å². The molecule has 6 nitrogen and oxygen atoms in total. The Hall–Kier alpha value is -2.38. The predicted octanol–water partition coefficient (Wildman–Crippen LogP) is 1.31. The number of rotatable bonds is 4. The molecule has 5 N–H and O–H groups in total. The van der Waals surface area contributed by atoms with Crippen LogP contribution in [0.3, 0.4) is 0 Å². The summed E-state index contributed by atoms with van der Waals surface area (Å²) in [6.07, 6.45) is 0. The van der Waals surface area contributed by atoms with Crippen LogP contribution in [0.5, 0.6) is 0 Å². The Morgan fingerprint density at radius 1 is 1.10 bits per heavy atom. The highest BCUT2D eigenvalue weighted by molar-refractivity contribution is 7.88. The zero-order valence-corrected chi connectivity index (χ0v) is 11.9. The molecule has 7 heteroatoms. The molecule has 0 aliphatic heterocycles. The molecule has 1 amide bonds. The van der Waals surface area contributed by atoms with Gasteiger partial charge < -0.3 is 11.1 Å². The Kier molecular flexibility index (Phi) is 4.25. The van der Waals surface area contributed by atoms with Gasteiger partial charge >= 0.3 is 0 Å². The van der Waals surface area contributed by atoms with E-state index >= 15 is 0 Å². The number of carbonyl (C=O) groups excluding carboxylic acids is 1. The molecule has 0 saturated carbocycles. The van der Waals surface area contributed by atoms with Crippen LogP contribution in [-0.2, 0) is 15.8 Å². The molecule has 2 aromatic carbocycles. The van der Waals surface area contributed by atoms with Crippen molar-refractivity contribution in [1.82, 2.24) is 0 Å². The number of hydrogen-bond acceptors (Lipinski definition) is 4. The quantitative estimate of drug-likeness (QED) is 0.738. The van der Waals surface area contributed by atoms with E-state index < -0.39 is 10.0 Å². The van der Waals surface area contributed by atoms with Crippen LogP contribution in [0.4, 0.5) is 11.4 Å². The third-order valence-electron chi connectivity index (χ3n) is 2.73. The number of nitrogens with one attached hydrogen (secondary N) is 1. The minimum Gasteiger partial charge on any atom is -0.399 e. The van der Waals surface area contributed by atoms with E-state index in [-0.39, 0.29) is 11.7 Å². The lowest BCUT2D eigenvalue weighted by molar-refractivity contribution is 0.102. The molecule has 0 bridgehead atoms. The van der Waals surface area contributed by atoms with Crippen LogP contribution in [-0.4, -0.2) is 14.3 Å². The fraction of sp³-hybridized carbons (Fsp3) is 0.0714. The van der Waals surface area contributed by atoms with Gasteiger partial charge in [-0.3, -0.25) is 4.79 Å². The van der Waals surface area contributed by atoms with Crippen molar-refractivity contribution in [2.75, 3.05) is 11.1 Å². The van der Waals surface area contributed by atoms with Crippen molar-refractivity contribution in [2.24, 2.45) is 5.14 Å². The van der Waals surface area contributed by atoms with Crippen molar-refractivity contribution < 1.29 is 13.2 Å². The molecule has 0 heterocycles. The second kappa shape index (κ2) is 5.94. The SMILES string of the molecule is Nc1cccc(C(=O)Nc2ccc(CS(N)(=O)=O)cc2)c1. The molecular weight excluding hydrogens is 290 g/mol. The van der Waals surface area contributed by atoms with Crippen LogP contribution in [0.25, 0.3) is 0 Å². The Balaban J connectivity index is 2.08. The van der Waals surface area contributed by atoms with Crippen LogP contribution in [0.15, 0.2) is 48.5 Å². The first-order valence-electron chi connectivity index (χ1n) is 6.10. The molecule has 2 rings (SSSR count). The normalized spacial score (nSPS) is 11.1. The van der Waals surface area contributed by atoms with E-state index in [2.05, 4.69) is 5.32 Å². The number of carbonyl (C=O) groups is 1. The van der Waals surface area contributed by atoms with Crippen LogP contribution in [0.1, 0.15) is 15.9 Å². The maximum absolute atomic E-state index is 12.0. The van der Waals surface area contributed by atoms with Crippen LogP contribution >= 0.6 is 0 Å². The number of anilines is 2. The monoisotopic (exact) mass is 305 g/mol. The first kappa shape index (κ1) is 15.0.